The number of alkyl halides is 3. The number of allylic oxidation sites excluding steroid dienone is 1. The molecule has 0 saturated carbocycles. The van der Waals surface area contributed by atoms with Crippen molar-refractivity contribution in [2.24, 2.45) is 0 Å². The van der Waals surface area contributed by atoms with Crippen LogP contribution in [0.5, 0.6) is 0 Å². The highest BCUT2D eigenvalue weighted by molar-refractivity contribution is 5.88. The number of rotatable bonds is 17. The second-order valence-corrected chi connectivity index (χ2v) is 10.7. The minimum atomic E-state index is -3.33. The van der Waals surface area contributed by atoms with Crippen molar-refractivity contribution >= 4 is 22.9 Å². The van der Waals surface area contributed by atoms with Gasteiger partial charge in [0, 0.05) is 37.7 Å². The number of carbonyl (C=O) groups excluding carboxylic acids is 1. The second kappa shape index (κ2) is 15.4. The summed E-state index contributed by atoms with van der Waals surface area (Å²) in [5.74, 6) is -4.42. The Labute approximate surface area is 255 Å². The summed E-state index contributed by atoms with van der Waals surface area (Å²) in [6.07, 6.45) is 7.81. The van der Waals surface area contributed by atoms with Crippen molar-refractivity contribution in [2.75, 3.05) is 6.54 Å². The fraction of sp³-hybridized carbons (Fsp3) is 0.364. The molecule has 3 rings (SSSR count). The fourth-order valence-electron chi connectivity index (χ4n) is 4.71. The van der Waals surface area contributed by atoms with Gasteiger partial charge >= 0.3 is 0 Å². The van der Waals surface area contributed by atoms with Gasteiger partial charge in [-0.1, -0.05) is 30.9 Å². The average molecular weight is 613 g/mol. The topological polar surface area (TPSA) is 83.4 Å². The highest BCUT2D eigenvalue weighted by atomic mass is 19.3. The van der Waals surface area contributed by atoms with Crippen molar-refractivity contribution in [1.82, 2.24) is 30.5 Å². The van der Waals surface area contributed by atoms with E-state index in [4.69, 9.17) is 0 Å². The normalized spacial score (nSPS) is 12.6. The van der Waals surface area contributed by atoms with Crippen LogP contribution in [0, 0.1) is 5.82 Å². The molecule has 2 heterocycles. The van der Waals surface area contributed by atoms with Crippen LogP contribution in [0.15, 0.2) is 67.9 Å². The van der Waals surface area contributed by atoms with Crippen molar-refractivity contribution in [3.63, 3.8) is 0 Å². The van der Waals surface area contributed by atoms with E-state index in [-0.39, 0.29) is 29.7 Å². The summed E-state index contributed by atoms with van der Waals surface area (Å²) in [6, 6.07) is 5.20. The quantitative estimate of drug-likeness (QED) is 0.0872. The fourth-order valence-corrected chi connectivity index (χ4v) is 4.71. The Morgan fingerprint density at radius 1 is 1.18 bits per heavy atom. The molecule has 3 N–H and O–H groups in total. The summed E-state index contributed by atoms with van der Waals surface area (Å²) in [4.78, 5) is 16.4. The predicted octanol–water partition coefficient (Wildman–Crippen LogP) is 6.97. The Hall–Kier alpha value is -4.41. The Morgan fingerprint density at radius 2 is 1.93 bits per heavy atom. The first-order valence-electron chi connectivity index (χ1n) is 14.4. The molecule has 1 unspecified atom stereocenters. The number of carbonyl (C=O) groups is 1. The van der Waals surface area contributed by atoms with E-state index in [0.29, 0.717) is 48.2 Å². The number of fused-ring (bicyclic) bond motifs is 1. The lowest BCUT2D eigenvalue weighted by molar-refractivity contribution is -0.116. The third-order valence-electron chi connectivity index (χ3n) is 7.00. The van der Waals surface area contributed by atoms with Crippen molar-refractivity contribution in [3.05, 3.63) is 102 Å². The number of hydrogen-bond acceptors (Lipinski definition) is 5. The maximum Gasteiger partial charge on any atom is 0.273 e. The largest absolute Gasteiger partial charge is 0.381 e. The molecule has 0 fully saturated rings. The molecule has 3 aromatic rings. The third-order valence-corrected chi connectivity index (χ3v) is 7.00. The lowest BCUT2D eigenvalue weighted by Crippen LogP contribution is -2.28. The number of likely N-dealkylation sites (N-methyl/N-ethyl adjacent to an activating group) is 1. The van der Waals surface area contributed by atoms with Gasteiger partial charge in [-0.3, -0.25) is 4.79 Å². The van der Waals surface area contributed by atoms with Gasteiger partial charge in [-0.15, -0.1) is 6.58 Å². The number of halogens is 4. The van der Waals surface area contributed by atoms with Gasteiger partial charge in [0.05, 0.1) is 34.5 Å². The van der Waals surface area contributed by atoms with Gasteiger partial charge in [0.15, 0.2) is 5.65 Å². The van der Waals surface area contributed by atoms with Crippen LogP contribution in [0.2, 0.25) is 0 Å². The van der Waals surface area contributed by atoms with E-state index in [9.17, 15) is 22.4 Å². The van der Waals surface area contributed by atoms with Gasteiger partial charge in [-0.25, -0.2) is 27.1 Å². The zero-order chi connectivity index (χ0) is 32.4. The first kappa shape index (κ1) is 34.1. The number of nitrogens with zero attached hydrogens (tertiary/aromatic N) is 3. The Kier molecular flexibility index (Phi) is 11.9. The zero-order valence-electron chi connectivity index (χ0n) is 25.5. The molecule has 0 radical (unpaired) electrons. The monoisotopic (exact) mass is 612 g/mol. The maximum absolute atomic E-state index is 13.9. The van der Waals surface area contributed by atoms with Crippen LogP contribution in [-0.2, 0) is 23.9 Å². The number of aromatic nitrogens is 3. The van der Waals surface area contributed by atoms with E-state index in [1.54, 1.807) is 12.1 Å². The molecule has 0 bridgehead atoms. The summed E-state index contributed by atoms with van der Waals surface area (Å²) in [7, 11) is 0. The van der Waals surface area contributed by atoms with Crippen molar-refractivity contribution in [3.8, 4) is 0 Å². The van der Waals surface area contributed by atoms with Gasteiger partial charge in [-0.2, -0.15) is 5.10 Å². The van der Waals surface area contributed by atoms with E-state index in [2.05, 4.69) is 45.8 Å². The lowest BCUT2D eigenvalue weighted by Gasteiger charge is -2.21. The van der Waals surface area contributed by atoms with Crippen LogP contribution in [0.25, 0.3) is 17.0 Å². The van der Waals surface area contributed by atoms with E-state index in [0.717, 1.165) is 37.0 Å². The van der Waals surface area contributed by atoms with E-state index < -0.39 is 24.0 Å². The molecular weight excluding hydrogens is 572 g/mol. The van der Waals surface area contributed by atoms with Gasteiger partial charge < -0.3 is 16.0 Å². The van der Waals surface area contributed by atoms with Crippen molar-refractivity contribution < 1.29 is 22.4 Å². The molecule has 44 heavy (non-hydrogen) atoms. The maximum atomic E-state index is 13.9. The smallest absolute Gasteiger partial charge is 0.273 e. The molecule has 11 heteroatoms. The Morgan fingerprint density at radius 3 is 2.59 bits per heavy atom. The molecule has 0 saturated heterocycles. The van der Waals surface area contributed by atoms with Crippen LogP contribution in [0.1, 0.15) is 74.5 Å². The minimum Gasteiger partial charge on any atom is -0.381 e. The Bertz CT molecular complexity index is 1540. The standard InChI is InChI=1S/C33H40F4N6O/c1-7-10-26(12-9-11-21(3)15-31(44)38-8-2)41-23(5)30-17-29(42-32-25(18-34)20-40-43(30)32)22(4)39-19-24-13-14-28(35)27(16-24)33(6,36)37/h7,13-17,20,26,39,41H,1,4-5,8-12,18-19H2,2-3,6H3,(H,38,44)/b21-15+. The van der Waals surface area contributed by atoms with E-state index >= 15 is 0 Å². The first-order chi connectivity index (χ1) is 20.9. The summed E-state index contributed by atoms with van der Waals surface area (Å²) in [6.45, 7) is 16.4. The van der Waals surface area contributed by atoms with Crippen LogP contribution < -0.4 is 16.0 Å². The molecule has 1 aromatic carbocycles. The molecular formula is C33H40F4N6O. The first-order valence-corrected chi connectivity index (χ1v) is 14.4. The summed E-state index contributed by atoms with van der Waals surface area (Å²) in [5, 5.41) is 13.6. The number of hydrogen-bond donors (Lipinski definition) is 3. The molecule has 0 aliphatic rings. The molecule has 236 valence electrons. The predicted molar refractivity (Wildman–Crippen MR) is 167 cm³/mol. The Balaban J connectivity index is 1.79. The van der Waals surface area contributed by atoms with Crippen molar-refractivity contribution in [1.29, 1.82) is 0 Å². The van der Waals surface area contributed by atoms with Gasteiger partial charge in [-0.05, 0) is 63.3 Å². The third kappa shape index (κ3) is 9.05. The van der Waals surface area contributed by atoms with Gasteiger partial charge in [0.1, 0.15) is 12.5 Å². The van der Waals surface area contributed by atoms with Gasteiger partial charge in [0.25, 0.3) is 5.92 Å². The number of amides is 1. The van der Waals surface area contributed by atoms with E-state index in [1.165, 1.54) is 16.8 Å². The highest BCUT2D eigenvalue weighted by Gasteiger charge is 2.28. The van der Waals surface area contributed by atoms with Crippen LogP contribution in [0.4, 0.5) is 17.6 Å². The van der Waals surface area contributed by atoms with Gasteiger partial charge in [0.2, 0.25) is 5.91 Å². The molecule has 0 aliphatic carbocycles. The summed E-state index contributed by atoms with van der Waals surface area (Å²) < 4.78 is 56.9. The van der Waals surface area contributed by atoms with Crippen LogP contribution in [-0.4, -0.2) is 33.1 Å². The second-order valence-electron chi connectivity index (χ2n) is 10.7. The van der Waals surface area contributed by atoms with Crippen molar-refractivity contribution in [2.45, 2.75) is 71.6 Å². The summed E-state index contributed by atoms with van der Waals surface area (Å²) in [5.41, 5.74) is 3.05. The highest BCUT2D eigenvalue weighted by Crippen LogP contribution is 2.30. The molecule has 0 spiro atoms. The average Bonchev–Trinajstić information content (AvgIpc) is 3.38. The molecule has 1 atom stereocenters. The number of nitrogens with one attached hydrogen (secondary N) is 3. The summed E-state index contributed by atoms with van der Waals surface area (Å²) >= 11 is 0. The van der Waals surface area contributed by atoms with E-state index in [1.807, 2.05) is 19.9 Å². The molecule has 7 nitrogen and oxygen atoms in total. The minimum absolute atomic E-state index is 0.0224. The van der Waals surface area contributed by atoms with Crippen LogP contribution >= 0.6 is 0 Å². The molecule has 0 aliphatic heterocycles. The van der Waals surface area contributed by atoms with Crippen LogP contribution in [0.3, 0.4) is 0 Å². The SMILES string of the molecule is C=CCC(CCC/C(C)=C/C(=O)NCC)NC(=C)c1cc(C(=C)NCc2ccc(F)c(C(C)(F)F)c2)nc2c(CF)cnn12. The molecule has 1 amide bonds. The lowest BCUT2D eigenvalue weighted by atomic mass is 10.0. The number of benzene rings is 1. The molecule has 2 aromatic heterocycles. The zero-order valence-corrected chi connectivity index (χ0v) is 25.5.